The fourth-order valence-electron chi connectivity index (χ4n) is 6.58. The molecule has 0 spiro atoms. The number of halogens is 1. The lowest BCUT2D eigenvalue weighted by Gasteiger charge is -2.34. The number of nitrogens with one attached hydrogen (secondary N) is 1. The molecular formula is C33H37FN8O2. The first-order chi connectivity index (χ1) is 21.5. The van der Waals surface area contributed by atoms with E-state index in [9.17, 15) is 9.59 Å². The monoisotopic (exact) mass is 596 g/mol. The molecule has 2 fully saturated rings. The largest absolute Gasteiger partial charge is 0.348 e. The summed E-state index contributed by atoms with van der Waals surface area (Å²) in [6.45, 7) is 6.49. The van der Waals surface area contributed by atoms with E-state index in [4.69, 9.17) is 0 Å². The van der Waals surface area contributed by atoms with Gasteiger partial charge in [-0.05, 0) is 60.6 Å². The van der Waals surface area contributed by atoms with E-state index >= 15 is 4.39 Å². The van der Waals surface area contributed by atoms with E-state index < -0.39 is 5.82 Å². The van der Waals surface area contributed by atoms with Gasteiger partial charge in [0.1, 0.15) is 5.69 Å². The highest BCUT2D eigenvalue weighted by atomic mass is 19.1. The van der Waals surface area contributed by atoms with E-state index in [0.29, 0.717) is 67.3 Å². The van der Waals surface area contributed by atoms with Crippen molar-refractivity contribution in [1.29, 1.82) is 0 Å². The zero-order valence-electron chi connectivity index (χ0n) is 25.0. The summed E-state index contributed by atoms with van der Waals surface area (Å²) in [6, 6.07) is 6.34. The first kappa shape index (κ1) is 28.4. The number of nitrogens with zero attached hydrogens (tertiary/aromatic N) is 7. The smallest absolute Gasteiger partial charge is 0.270 e. The van der Waals surface area contributed by atoms with Crippen molar-refractivity contribution in [3.63, 3.8) is 0 Å². The van der Waals surface area contributed by atoms with Crippen LogP contribution >= 0.6 is 0 Å². The summed E-state index contributed by atoms with van der Waals surface area (Å²) in [6.07, 6.45) is 13.1. The number of rotatable bonds is 8. The quantitative estimate of drug-likeness (QED) is 0.328. The summed E-state index contributed by atoms with van der Waals surface area (Å²) >= 11 is 0. The molecule has 10 nitrogen and oxygen atoms in total. The van der Waals surface area contributed by atoms with Crippen LogP contribution in [0.25, 0.3) is 27.6 Å². The zero-order valence-corrected chi connectivity index (χ0v) is 25.0. The van der Waals surface area contributed by atoms with E-state index in [-0.39, 0.29) is 18.2 Å². The van der Waals surface area contributed by atoms with Gasteiger partial charge < -0.3 is 14.8 Å². The Morgan fingerprint density at radius 2 is 1.86 bits per heavy atom. The van der Waals surface area contributed by atoms with Gasteiger partial charge in [-0.15, -0.1) is 5.10 Å². The maximum atomic E-state index is 16.5. The highest BCUT2D eigenvalue weighted by molar-refractivity contribution is 6.05. The number of aromatic nitrogens is 5. The molecule has 3 aliphatic rings. The molecule has 2 aliphatic heterocycles. The Bertz CT molecular complexity index is 1720. The number of fused-ring (bicyclic) bond motifs is 1. The van der Waals surface area contributed by atoms with Gasteiger partial charge in [0, 0.05) is 86.8 Å². The lowest BCUT2D eigenvalue weighted by molar-refractivity contribution is -0.131. The zero-order chi connectivity index (χ0) is 30.2. The molecule has 44 heavy (non-hydrogen) atoms. The van der Waals surface area contributed by atoms with Gasteiger partial charge in [-0.3, -0.25) is 24.2 Å². The summed E-state index contributed by atoms with van der Waals surface area (Å²) < 4.78 is 18.2. The first-order valence-corrected chi connectivity index (χ1v) is 15.6. The number of aromatic amines is 1. The molecule has 0 atom stereocenters. The van der Waals surface area contributed by atoms with Crippen molar-refractivity contribution in [2.75, 3.05) is 39.3 Å². The lowest BCUT2D eigenvalue weighted by Crippen LogP contribution is -2.49. The first-order valence-electron chi connectivity index (χ1n) is 15.6. The van der Waals surface area contributed by atoms with E-state index in [2.05, 4.69) is 32.1 Å². The molecule has 1 saturated carbocycles. The van der Waals surface area contributed by atoms with Crippen LogP contribution in [0.2, 0.25) is 0 Å². The third-order valence-corrected chi connectivity index (χ3v) is 9.21. The fraction of sp³-hybridized carbons (Fsp3) is 0.424. The second-order valence-corrected chi connectivity index (χ2v) is 12.0. The van der Waals surface area contributed by atoms with Crippen molar-refractivity contribution in [1.82, 2.24) is 39.7 Å². The summed E-state index contributed by atoms with van der Waals surface area (Å²) in [7, 11) is 0. The second kappa shape index (κ2) is 12.0. The number of H-pyrrole nitrogens is 1. The second-order valence-electron chi connectivity index (χ2n) is 12.0. The molecule has 5 heterocycles. The van der Waals surface area contributed by atoms with Crippen molar-refractivity contribution in [3.8, 4) is 11.1 Å². The Labute approximate surface area is 255 Å². The van der Waals surface area contributed by atoms with Gasteiger partial charge in [0.15, 0.2) is 5.82 Å². The molecule has 1 aliphatic carbocycles. The highest BCUT2D eigenvalue weighted by Gasteiger charge is 2.33. The van der Waals surface area contributed by atoms with Gasteiger partial charge in [-0.25, -0.2) is 4.39 Å². The third-order valence-electron chi connectivity index (χ3n) is 9.21. The SMILES string of the molecule is CCc1ccncc1-c1cc(C2=CCCN(C(=O)CCn3ccnn3)C2)c(F)c2[nH]c(C(=O)N3CCN(C4CC4)CC3)cc12. The molecule has 228 valence electrons. The minimum Gasteiger partial charge on any atom is -0.348 e. The number of benzene rings is 1. The van der Waals surface area contributed by atoms with Crippen molar-refractivity contribution < 1.29 is 14.0 Å². The number of carbonyl (C=O) groups excluding carboxylic acids is 2. The molecule has 1 saturated heterocycles. The minimum absolute atomic E-state index is 0.0112. The Kier molecular flexibility index (Phi) is 7.71. The summed E-state index contributed by atoms with van der Waals surface area (Å²) in [5, 5.41) is 8.40. The van der Waals surface area contributed by atoms with Gasteiger partial charge in [0.05, 0.1) is 18.3 Å². The van der Waals surface area contributed by atoms with E-state index in [0.717, 1.165) is 41.8 Å². The van der Waals surface area contributed by atoms with Crippen LogP contribution in [0.4, 0.5) is 4.39 Å². The topological polar surface area (TPSA) is 103 Å². The minimum atomic E-state index is -0.411. The van der Waals surface area contributed by atoms with Crippen LogP contribution in [0, 0.1) is 5.82 Å². The predicted octanol–water partition coefficient (Wildman–Crippen LogP) is 4.15. The predicted molar refractivity (Wildman–Crippen MR) is 165 cm³/mol. The number of hydrogen-bond acceptors (Lipinski definition) is 6. The standard InChI is InChI=1S/C33H37FN8O2/c1-2-22-7-9-35-20-28(22)26-18-25(23-4-3-11-41(21-23)30(43)8-12-42-13-10-36-38-42)31(34)32-27(26)19-29(37-32)33(44)40-16-14-39(15-17-40)24-5-6-24/h4,7,9-10,13,18-20,24,37H,2-3,5-6,8,11-12,14-17,21H2,1H3. The van der Waals surface area contributed by atoms with Crippen molar-refractivity contribution in [2.45, 2.75) is 51.6 Å². The third kappa shape index (κ3) is 5.52. The average molecular weight is 597 g/mol. The molecule has 3 aromatic heterocycles. The van der Waals surface area contributed by atoms with Gasteiger partial charge in [-0.2, -0.15) is 0 Å². The van der Waals surface area contributed by atoms with Gasteiger partial charge in [-0.1, -0.05) is 18.2 Å². The van der Waals surface area contributed by atoms with Crippen molar-refractivity contribution >= 4 is 28.3 Å². The van der Waals surface area contributed by atoms with Crippen LogP contribution < -0.4 is 0 Å². The van der Waals surface area contributed by atoms with Gasteiger partial charge >= 0.3 is 0 Å². The number of piperazine rings is 1. The molecule has 11 heteroatoms. The van der Waals surface area contributed by atoms with Crippen molar-refractivity contribution in [3.05, 3.63) is 71.7 Å². The summed E-state index contributed by atoms with van der Waals surface area (Å²) in [4.78, 5) is 40.5. The Balaban J connectivity index is 1.22. The summed E-state index contributed by atoms with van der Waals surface area (Å²) in [5.41, 5.74) is 4.71. The number of aryl methyl sites for hydroxylation is 2. The average Bonchev–Trinajstić information content (AvgIpc) is 3.59. The van der Waals surface area contributed by atoms with E-state index in [1.54, 1.807) is 34.2 Å². The normalized spacial score (nSPS) is 17.7. The maximum absolute atomic E-state index is 16.5. The number of hydrogen-bond donors (Lipinski definition) is 1. The van der Waals surface area contributed by atoms with Crippen LogP contribution in [-0.2, 0) is 17.8 Å². The molecule has 1 aromatic carbocycles. The fourth-order valence-corrected chi connectivity index (χ4v) is 6.58. The highest BCUT2D eigenvalue weighted by Crippen LogP contribution is 2.38. The number of carbonyl (C=O) groups is 2. The Hall–Kier alpha value is -4.38. The lowest BCUT2D eigenvalue weighted by atomic mass is 9.91. The van der Waals surface area contributed by atoms with Crippen LogP contribution in [0.5, 0.6) is 0 Å². The maximum Gasteiger partial charge on any atom is 0.270 e. The Morgan fingerprint density at radius 3 is 2.61 bits per heavy atom. The summed E-state index contributed by atoms with van der Waals surface area (Å²) in [5.74, 6) is -0.527. The Morgan fingerprint density at radius 1 is 1.02 bits per heavy atom. The molecule has 1 N–H and O–H groups in total. The van der Waals surface area contributed by atoms with Crippen LogP contribution in [0.1, 0.15) is 54.2 Å². The van der Waals surface area contributed by atoms with Crippen LogP contribution in [0.15, 0.2) is 49.1 Å². The van der Waals surface area contributed by atoms with Crippen molar-refractivity contribution in [2.24, 2.45) is 0 Å². The van der Waals surface area contributed by atoms with Crippen LogP contribution in [0.3, 0.4) is 0 Å². The van der Waals surface area contributed by atoms with Crippen LogP contribution in [-0.4, -0.2) is 96.8 Å². The molecule has 0 radical (unpaired) electrons. The van der Waals surface area contributed by atoms with E-state index in [1.165, 1.54) is 12.8 Å². The molecule has 0 unspecified atom stereocenters. The number of pyridine rings is 1. The number of amides is 2. The van der Waals surface area contributed by atoms with E-state index in [1.807, 2.05) is 29.3 Å². The van der Waals surface area contributed by atoms with Gasteiger partial charge in [0.2, 0.25) is 5.91 Å². The molecule has 4 aromatic rings. The molecular weight excluding hydrogens is 559 g/mol. The molecule has 7 rings (SSSR count). The molecule has 0 bridgehead atoms. The molecule has 2 amide bonds. The van der Waals surface area contributed by atoms with Gasteiger partial charge in [0.25, 0.3) is 5.91 Å².